The van der Waals surface area contributed by atoms with E-state index in [1.165, 1.54) is 51.5 Å². The summed E-state index contributed by atoms with van der Waals surface area (Å²) in [5.41, 5.74) is -0.158. The Morgan fingerprint density at radius 2 is 1.86 bits per heavy atom. The van der Waals surface area contributed by atoms with E-state index in [-0.39, 0.29) is 22.7 Å². The van der Waals surface area contributed by atoms with Crippen molar-refractivity contribution < 1.29 is 19.4 Å². The maximum absolute atomic E-state index is 14.1. The van der Waals surface area contributed by atoms with Gasteiger partial charge in [0.15, 0.2) is 11.6 Å². The number of ketones is 1. The monoisotopic (exact) mass is 485 g/mol. The van der Waals surface area contributed by atoms with Gasteiger partial charge in [0.05, 0.1) is 18.1 Å². The SMILES string of the molecule is CC(C)[C@@H]1CC[C@@]2(C)[C@@H]3CC[C@]45CCC[C@H]4[C@@]2(C[C@H](O)C(=O)[C@]2(C)CO[C@@]4(C)CC[C@@H]2O4)[C@H]1N5C3. The van der Waals surface area contributed by atoms with Crippen LogP contribution in [0.25, 0.3) is 0 Å². The molecule has 7 bridgehead atoms. The van der Waals surface area contributed by atoms with Gasteiger partial charge in [0.2, 0.25) is 0 Å². The minimum atomic E-state index is -0.931. The van der Waals surface area contributed by atoms with Gasteiger partial charge in [0.25, 0.3) is 0 Å². The van der Waals surface area contributed by atoms with E-state index >= 15 is 0 Å². The highest BCUT2D eigenvalue weighted by atomic mass is 16.7. The average molecular weight is 486 g/mol. The van der Waals surface area contributed by atoms with Crippen LogP contribution in [0.1, 0.15) is 98.8 Å². The lowest BCUT2D eigenvalue weighted by Crippen LogP contribution is -2.69. The Balaban J connectivity index is 1.29. The number of ether oxygens (including phenoxy) is 2. The Bertz CT molecular complexity index is 937. The first-order valence-electron chi connectivity index (χ1n) is 14.8. The molecule has 5 aliphatic heterocycles. The molecule has 5 saturated heterocycles. The number of rotatable bonds is 5. The highest BCUT2D eigenvalue weighted by molar-refractivity contribution is 5.89. The first-order chi connectivity index (χ1) is 16.5. The van der Waals surface area contributed by atoms with Gasteiger partial charge in [-0.1, -0.05) is 27.2 Å². The summed E-state index contributed by atoms with van der Waals surface area (Å²) < 4.78 is 12.3. The Morgan fingerprint density at radius 3 is 2.63 bits per heavy atom. The van der Waals surface area contributed by atoms with Gasteiger partial charge in [-0.25, -0.2) is 0 Å². The molecule has 7 rings (SSSR count). The zero-order valence-electron chi connectivity index (χ0n) is 22.6. The van der Waals surface area contributed by atoms with Gasteiger partial charge >= 0.3 is 0 Å². The van der Waals surface area contributed by atoms with E-state index in [2.05, 4.69) is 25.7 Å². The van der Waals surface area contributed by atoms with E-state index in [9.17, 15) is 9.90 Å². The maximum Gasteiger partial charge on any atom is 0.172 e. The molecule has 7 fully saturated rings. The van der Waals surface area contributed by atoms with Gasteiger partial charge in [0.1, 0.15) is 6.10 Å². The number of hydrogen-bond donors (Lipinski definition) is 1. The number of hydrogen-bond acceptors (Lipinski definition) is 5. The zero-order chi connectivity index (χ0) is 24.6. The minimum Gasteiger partial charge on any atom is -0.385 e. The average Bonchev–Trinajstić information content (AvgIpc) is 3.43. The van der Waals surface area contributed by atoms with Crippen LogP contribution >= 0.6 is 0 Å². The molecule has 2 saturated carbocycles. The molecule has 196 valence electrons. The fraction of sp³-hybridized carbons (Fsp3) is 0.967. The maximum atomic E-state index is 14.1. The lowest BCUT2D eigenvalue weighted by Gasteiger charge is -2.67. The van der Waals surface area contributed by atoms with Gasteiger partial charge in [-0.15, -0.1) is 0 Å². The molecular weight excluding hydrogens is 438 g/mol. The highest BCUT2D eigenvalue weighted by Crippen LogP contribution is 2.79. The van der Waals surface area contributed by atoms with Gasteiger partial charge in [-0.2, -0.15) is 0 Å². The highest BCUT2D eigenvalue weighted by Gasteiger charge is 2.80. The summed E-state index contributed by atoms with van der Waals surface area (Å²) in [6.07, 6.45) is 10.4. The topological polar surface area (TPSA) is 59.0 Å². The fourth-order valence-corrected chi connectivity index (χ4v) is 11.7. The number of carbonyl (C=O) groups excluding carboxylic acids is 1. The molecule has 5 nitrogen and oxygen atoms in total. The van der Waals surface area contributed by atoms with Crippen molar-refractivity contribution in [3.8, 4) is 0 Å². The molecule has 0 amide bonds. The largest absolute Gasteiger partial charge is 0.385 e. The lowest BCUT2D eigenvalue weighted by atomic mass is 9.42. The number of nitrogens with zero attached hydrogens (tertiary/aromatic N) is 1. The van der Waals surface area contributed by atoms with E-state index in [1.807, 2.05) is 13.8 Å². The smallest absolute Gasteiger partial charge is 0.172 e. The summed E-state index contributed by atoms with van der Waals surface area (Å²) in [7, 11) is 0. The van der Waals surface area contributed by atoms with E-state index in [1.54, 1.807) is 0 Å². The summed E-state index contributed by atoms with van der Waals surface area (Å²) in [4.78, 5) is 17.1. The van der Waals surface area contributed by atoms with Crippen LogP contribution in [0.15, 0.2) is 0 Å². The van der Waals surface area contributed by atoms with Crippen LogP contribution in [-0.2, 0) is 14.3 Å². The molecule has 1 N–H and O–H groups in total. The van der Waals surface area contributed by atoms with Crippen molar-refractivity contribution in [3.05, 3.63) is 0 Å². The van der Waals surface area contributed by atoms with Crippen molar-refractivity contribution in [2.45, 2.75) is 128 Å². The van der Waals surface area contributed by atoms with Crippen molar-refractivity contribution in [1.29, 1.82) is 0 Å². The van der Waals surface area contributed by atoms with Crippen LogP contribution in [0.5, 0.6) is 0 Å². The van der Waals surface area contributed by atoms with Gasteiger partial charge in [0, 0.05) is 24.5 Å². The van der Waals surface area contributed by atoms with Crippen molar-refractivity contribution in [1.82, 2.24) is 4.90 Å². The van der Waals surface area contributed by atoms with E-state index in [0.29, 0.717) is 48.3 Å². The molecule has 0 aromatic rings. The number of piperidine rings is 2. The molecule has 2 aliphatic carbocycles. The van der Waals surface area contributed by atoms with Crippen LogP contribution in [0, 0.1) is 39.9 Å². The number of aliphatic hydroxyl groups excluding tert-OH is 1. The molecule has 0 aromatic heterocycles. The number of aliphatic hydroxyl groups is 1. The Hall–Kier alpha value is -0.490. The number of Topliss-reactive ketones (excluding diaryl/α,β-unsaturated/α-hetero) is 1. The Labute approximate surface area is 211 Å². The third-order valence-electron chi connectivity index (χ3n) is 13.4. The van der Waals surface area contributed by atoms with Crippen LogP contribution in [0.3, 0.4) is 0 Å². The third kappa shape index (κ3) is 2.63. The molecule has 0 aromatic carbocycles. The summed E-state index contributed by atoms with van der Waals surface area (Å²) in [5.74, 6) is 2.07. The first kappa shape index (κ1) is 23.6. The zero-order valence-corrected chi connectivity index (χ0v) is 22.6. The Morgan fingerprint density at radius 1 is 1.06 bits per heavy atom. The van der Waals surface area contributed by atoms with Crippen molar-refractivity contribution >= 4 is 5.78 Å². The molecular formula is C30H47NO4. The molecule has 1 spiro atoms. The van der Waals surface area contributed by atoms with Crippen molar-refractivity contribution in [3.63, 3.8) is 0 Å². The predicted molar refractivity (Wildman–Crippen MR) is 134 cm³/mol. The second-order valence-electron chi connectivity index (χ2n) is 14.9. The van der Waals surface area contributed by atoms with Crippen molar-refractivity contribution in [2.24, 2.45) is 39.9 Å². The summed E-state index contributed by atoms with van der Waals surface area (Å²) in [5, 5.41) is 11.9. The van der Waals surface area contributed by atoms with Gasteiger partial charge < -0.3 is 14.6 Å². The van der Waals surface area contributed by atoms with E-state index < -0.39 is 17.3 Å². The normalized spacial score (nSPS) is 58.6. The fourth-order valence-electron chi connectivity index (χ4n) is 11.7. The second-order valence-corrected chi connectivity index (χ2v) is 14.9. The van der Waals surface area contributed by atoms with Crippen LogP contribution in [-0.4, -0.2) is 58.5 Å². The van der Waals surface area contributed by atoms with E-state index in [4.69, 9.17) is 9.47 Å². The minimum absolute atomic E-state index is 0.0213. The Kier molecular flexibility index (Phi) is 4.81. The molecule has 0 radical (unpaired) electrons. The predicted octanol–water partition coefficient (Wildman–Crippen LogP) is 4.94. The summed E-state index contributed by atoms with van der Waals surface area (Å²) in [6.45, 7) is 13.0. The van der Waals surface area contributed by atoms with Gasteiger partial charge in [-0.3, -0.25) is 9.69 Å². The molecule has 12 atom stereocenters. The third-order valence-corrected chi connectivity index (χ3v) is 13.4. The second kappa shape index (κ2) is 7.12. The summed E-state index contributed by atoms with van der Waals surface area (Å²) >= 11 is 0. The lowest BCUT2D eigenvalue weighted by molar-refractivity contribution is -0.284. The molecule has 5 heterocycles. The first-order valence-corrected chi connectivity index (χ1v) is 14.8. The molecule has 35 heavy (non-hydrogen) atoms. The number of fused-ring (bicyclic) bond motifs is 4. The van der Waals surface area contributed by atoms with Crippen LogP contribution < -0.4 is 0 Å². The summed E-state index contributed by atoms with van der Waals surface area (Å²) in [6, 6.07) is 0.520. The van der Waals surface area contributed by atoms with Crippen LogP contribution in [0.4, 0.5) is 0 Å². The molecule has 1 unspecified atom stereocenters. The standard InChI is InChI=1S/C30H47NO4/c1-18(2)20-9-12-27(4)19-8-14-29-11-6-7-22(29)30(27,24(20)31(29)16-19)15-21(32)25(33)26(3)17-34-28(5)13-10-23(26)35-28/h18-24,32H,6-17H2,1-5H3/t19-,20+,21+,22-,23+,24+,26-,27+,28-,29-,30+/m1/s1. The van der Waals surface area contributed by atoms with E-state index in [0.717, 1.165) is 12.8 Å². The quantitative estimate of drug-likeness (QED) is 0.598. The van der Waals surface area contributed by atoms with Crippen LogP contribution in [0.2, 0.25) is 0 Å². The van der Waals surface area contributed by atoms with Gasteiger partial charge in [-0.05, 0) is 99.7 Å². The van der Waals surface area contributed by atoms with Crippen molar-refractivity contribution in [2.75, 3.05) is 13.2 Å². The molecule has 7 aliphatic rings. The molecule has 5 heteroatoms. The number of carbonyl (C=O) groups is 1.